The number of aromatic nitrogens is 2. The maximum atomic E-state index is 6.02. The molecule has 2 rings (SSSR count). The van der Waals surface area contributed by atoms with E-state index in [4.69, 9.17) is 5.73 Å². The van der Waals surface area contributed by atoms with E-state index in [0.29, 0.717) is 12.0 Å². The molecule has 1 aliphatic carbocycles. The molecule has 3 heteroatoms. The summed E-state index contributed by atoms with van der Waals surface area (Å²) in [4.78, 5) is 0. The van der Waals surface area contributed by atoms with Crippen LogP contribution in [-0.2, 0) is 6.54 Å². The summed E-state index contributed by atoms with van der Waals surface area (Å²) < 4.78 is 2.04. The van der Waals surface area contributed by atoms with Gasteiger partial charge >= 0.3 is 0 Å². The number of rotatable bonds is 2. The highest BCUT2D eigenvalue weighted by Gasteiger charge is 2.57. The molecular weight excluding hydrogens is 162 g/mol. The zero-order valence-corrected chi connectivity index (χ0v) is 8.49. The second-order valence-electron chi connectivity index (χ2n) is 4.40. The Balaban J connectivity index is 2.28. The highest BCUT2D eigenvalue weighted by atomic mass is 15.3. The quantitative estimate of drug-likeness (QED) is 0.744. The van der Waals surface area contributed by atoms with Gasteiger partial charge in [-0.3, -0.25) is 4.68 Å². The zero-order valence-electron chi connectivity index (χ0n) is 8.49. The van der Waals surface area contributed by atoms with Crippen molar-refractivity contribution in [3.8, 4) is 0 Å². The minimum Gasteiger partial charge on any atom is -0.327 e. The van der Waals surface area contributed by atoms with E-state index in [1.54, 1.807) is 0 Å². The molecule has 2 atom stereocenters. The molecule has 1 fully saturated rings. The molecule has 1 heterocycles. The molecule has 1 aliphatic rings. The fourth-order valence-corrected chi connectivity index (χ4v) is 2.11. The molecule has 0 saturated heterocycles. The standard InChI is InChI=1S/C10H17N3/c1-4-13-7(5-6-12-13)8-9(11)10(8,2)3/h5-6,8-9H,4,11H2,1-3H3/t8-,9-/m0/s1. The van der Waals surface area contributed by atoms with Crippen LogP contribution in [-0.4, -0.2) is 15.8 Å². The van der Waals surface area contributed by atoms with Crippen molar-refractivity contribution in [3.63, 3.8) is 0 Å². The normalized spacial score (nSPS) is 30.5. The number of nitrogens with two attached hydrogens (primary N) is 1. The predicted molar refractivity (Wildman–Crippen MR) is 52.4 cm³/mol. The van der Waals surface area contributed by atoms with E-state index in [9.17, 15) is 0 Å². The van der Waals surface area contributed by atoms with Gasteiger partial charge in [0.1, 0.15) is 0 Å². The van der Waals surface area contributed by atoms with Crippen LogP contribution in [0.1, 0.15) is 32.4 Å². The van der Waals surface area contributed by atoms with Crippen molar-refractivity contribution < 1.29 is 0 Å². The first-order chi connectivity index (χ1) is 6.09. The molecule has 1 aromatic heterocycles. The fourth-order valence-electron chi connectivity index (χ4n) is 2.11. The van der Waals surface area contributed by atoms with E-state index in [1.165, 1.54) is 5.69 Å². The summed E-state index contributed by atoms with van der Waals surface area (Å²) in [7, 11) is 0. The Hall–Kier alpha value is -0.830. The molecule has 0 amide bonds. The van der Waals surface area contributed by atoms with Gasteiger partial charge in [0.25, 0.3) is 0 Å². The Labute approximate surface area is 78.9 Å². The summed E-state index contributed by atoms with van der Waals surface area (Å²) in [6.07, 6.45) is 1.86. The van der Waals surface area contributed by atoms with Crippen molar-refractivity contribution in [1.29, 1.82) is 0 Å². The van der Waals surface area contributed by atoms with Crippen LogP contribution in [0.4, 0.5) is 0 Å². The first kappa shape index (κ1) is 8.75. The van der Waals surface area contributed by atoms with Gasteiger partial charge < -0.3 is 5.73 Å². The van der Waals surface area contributed by atoms with Gasteiger partial charge in [0.2, 0.25) is 0 Å². The maximum Gasteiger partial charge on any atom is 0.0492 e. The van der Waals surface area contributed by atoms with E-state index < -0.39 is 0 Å². The van der Waals surface area contributed by atoms with Gasteiger partial charge in [-0.05, 0) is 18.4 Å². The molecule has 0 radical (unpaired) electrons. The van der Waals surface area contributed by atoms with Crippen molar-refractivity contribution >= 4 is 0 Å². The molecule has 0 aromatic carbocycles. The van der Waals surface area contributed by atoms with E-state index >= 15 is 0 Å². The lowest BCUT2D eigenvalue weighted by atomic mass is 10.1. The minimum absolute atomic E-state index is 0.257. The van der Waals surface area contributed by atoms with E-state index in [-0.39, 0.29) is 5.41 Å². The van der Waals surface area contributed by atoms with Crippen LogP contribution in [0.3, 0.4) is 0 Å². The summed E-state index contributed by atoms with van der Waals surface area (Å²) in [5.41, 5.74) is 7.57. The number of hydrogen-bond donors (Lipinski definition) is 1. The molecule has 72 valence electrons. The minimum atomic E-state index is 0.257. The average molecular weight is 179 g/mol. The lowest BCUT2D eigenvalue weighted by molar-refractivity contribution is 0.563. The van der Waals surface area contributed by atoms with E-state index in [1.807, 2.05) is 10.9 Å². The summed E-state index contributed by atoms with van der Waals surface area (Å²) in [5, 5.41) is 4.26. The number of nitrogens with zero attached hydrogens (tertiary/aromatic N) is 2. The van der Waals surface area contributed by atoms with Crippen LogP contribution in [0.25, 0.3) is 0 Å². The summed E-state index contributed by atoms with van der Waals surface area (Å²) >= 11 is 0. The first-order valence-electron chi connectivity index (χ1n) is 4.86. The molecule has 0 bridgehead atoms. The number of aryl methyl sites for hydroxylation is 1. The van der Waals surface area contributed by atoms with Crippen LogP contribution >= 0.6 is 0 Å². The Bertz CT molecular complexity index is 314. The van der Waals surface area contributed by atoms with Gasteiger partial charge in [-0.15, -0.1) is 0 Å². The zero-order chi connectivity index (χ0) is 9.64. The molecule has 3 nitrogen and oxygen atoms in total. The second-order valence-corrected chi connectivity index (χ2v) is 4.40. The van der Waals surface area contributed by atoms with Crippen LogP contribution in [0.15, 0.2) is 12.3 Å². The van der Waals surface area contributed by atoms with E-state index in [0.717, 1.165) is 6.54 Å². The Morgan fingerprint density at radius 1 is 1.62 bits per heavy atom. The van der Waals surface area contributed by atoms with Gasteiger partial charge in [-0.1, -0.05) is 13.8 Å². The van der Waals surface area contributed by atoms with Crippen LogP contribution in [0, 0.1) is 5.41 Å². The van der Waals surface area contributed by atoms with Gasteiger partial charge in [0.15, 0.2) is 0 Å². The van der Waals surface area contributed by atoms with Crippen molar-refractivity contribution in [2.75, 3.05) is 0 Å². The smallest absolute Gasteiger partial charge is 0.0492 e. The van der Waals surface area contributed by atoms with E-state index in [2.05, 4.69) is 31.9 Å². The van der Waals surface area contributed by atoms with Gasteiger partial charge in [0, 0.05) is 30.4 Å². The molecular formula is C10H17N3. The summed E-state index contributed by atoms with van der Waals surface area (Å²) in [6.45, 7) is 7.48. The monoisotopic (exact) mass is 179 g/mol. The van der Waals surface area contributed by atoms with Crippen LogP contribution < -0.4 is 5.73 Å². The number of hydrogen-bond acceptors (Lipinski definition) is 2. The molecule has 0 spiro atoms. The van der Waals surface area contributed by atoms with Crippen LogP contribution in [0.5, 0.6) is 0 Å². The van der Waals surface area contributed by atoms with Crippen molar-refractivity contribution in [2.24, 2.45) is 11.1 Å². The lowest BCUT2D eigenvalue weighted by Crippen LogP contribution is -2.07. The second kappa shape index (κ2) is 2.58. The predicted octanol–water partition coefficient (Wildman–Crippen LogP) is 1.35. The Morgan fingerprint density at radius 2 is 2.23 bits per heavy atom. The molecule has 1 aromatic rings. The fraction of sp³-hybridized carbons (Fsp3) is 0.700. The van der Waals surface area contributed by atoms with Crippen molar-refractivity contribution in [1.82, 2.24) is 9.78 Å². The molecule has 2 N–H and O–H groups in total. The molecule has 1 saturated carbocycles. The summed E-state index contributed by atoms with van der Waals surface area (Å²) in [6, 6.07) is 2.39. The average Bonchev–Trinajstić information content (AvgIpc) is 2.54. The molecule has 0 unspecified atom stereocenters. The van der Waals surface area contributed by atoms with Crippen LogP contribution in [0.2, 0.25) is 0 Å². The Kier molecular flexibility index (Phi) is 1.74. The van der Waals surface area contributed by atoms with Gasteiger partial charge in [0.05, 0.1) is 0 Å². The summed E-state index contributed by atoms with van der Waals surface area (Å²) in [5.74, 6) is 0.495. The van der Waals surface area contributed by atoms with Crippen molar-refractivity contribution in [2.45, 2.75) is 39.3 Å². The molecule has 0 aliphatic heterocycles. The topological polar surface area (TPSA) is 43.8 Å². The van der Waals surface area contributed by atoms with Gasteiger partial charge in [-0.25, -0.2) is 0 Å². The highest BCUT2D eigenvalue weighted by molar-refractivity contribution is 5.28. The third-order valence-corrected chi connectivity index (χ3v) is 3.28. The third kappa shape index (κ3) is 1.10. The maximum absolute atomic E-state index is 6.02. The lowest BCUT2D eigenvalue weighted by Gasteiger charge is -2.04. The van der Waals surface area contributed by atoms with Crippen molar-refractivity contribution in [3.05, 3.63) is 18.0 Å². The Morgan fingerprint density at radius 3 is 2.69 bits per heavy atom. The molecule has 13 heavy (non-hydrogen) atoms. The first-order valence-corrected chi connectivity index (χ1v) is 4.86. The SMILES string of the molecule is CCn1nccc1[C@H]1[C@H](N)C1(C)C. The highest BCUT2D eigenvalue weighted by Crippen LogP contribution is 2.57. The van der Waals surface area contributed by atoms with Gasteiger partial charge in [-0.2, -0.15) is 5.10 Å². The third-order valence-electron chi connectivity index (χ3n) is 3.28. The largest absolute Gasteiger partial charge is 0.327 e.